The molecule has 1 aliphatic rings. The van der Waals surface area contributed by atoms with E-state index in [1.165, 1.54) is 12.4 Å². The first-order valence-corrected chi connectivity index (χ1v) is 10.3. The molecule has 1 fully saturated rings. The van der Waals surface area contributed by atoms with Crippen LogP contribution in [0.3, 0.4) is 0 Å². The van der Waals surface area contributed by atoms with E-state index in [0.717, 1.165) is 35.8 Å². The molecule has 0 bridgehead atoms. The van der Waals surface area contributed by atoms with E-state index in [2.05, 4.69) is 20.2 Å². The Morgan fingerprint density at radius 3 is 2.72 bits per heavy atom. The largest absolute Gasteiger partial charge is 0.497 e. The third kappa shape index (κ3) is 4.66. The topological polar surface area (TPSA) is 110 Å². The van der Waals surface area contributed by atoms with Gasteiger partial charge in [-0.1, -0.05) is 12.1 Å². The van der Waals surface area contributed by atoms with Gasteiger partial charge in [0.2, 0.25) is 5.91 Å². The third-order valence-corrected chi connectivity index (χ3v) is 5.51. The Morgan fingerprint density at radius 2 is 1.97 bits per heavy atom. The van der Waals surface area contributed by atoms with Crippen LogP contribution in [0.25, 0.3) is 11.3 Å². The van der Waals surface area contributed by atoms with Crippen molar-refractivity contribution in [3.05, 3.63) is 71.0 Å². The van der Waals surface area contributed by atoms with Crippen LogP contribution in [0, 0.1) is 16.0 Å². The van der Waals surface area contributed by atoms with E-state index >= 15 is 0 Å². The minimum Gasteiger partial charge on any atom is -0.497 e. The van der Waals surface area contributed by atoms with Crippen molar-refractivity contribution < 1.29 is 14.5 Å². The molecule has 0 aliphatic carbocycles. The van der Waals surface area contributed by atoms with Crippen molar-refractivity contribution in [2.24, 2.45) is 5.92 Å². The van der Waals surface area contributed by atoms with E-state index in [0.29, 0.717) is 13.0 Å². The summed E-state index contributed by atoms with van der Waals surface area (Å²) in [6.07, 6.45) is 3.04. The Balaban J connectivity index is 1.48. The van der Waals surface area contributed by atoms with E-state index in [-0.39, 0.29) is 23.2 Å². The molecule has 1 amide bonds. The number of anilines is 2. The van der Waals surface area contributed by atoms with Gasteiger partial charge in [0.15, 0.2) is 0 Å². The minimum absolute atomic E-state index is 0.117. The number of ether oxygens (including phenoxy) is 1. The Morgan fingerprint density at radius 1 is 1.19 bits per heavy atom. The van der Waals surface area contributed by atoms with Crippen molar-refractivity contribution in [3.8, 4) is 17.0 Å². The number of methoxy groups -OCH3 is 1. The number of benzene rings is 2. The predicted molar refractivity (Wildman–Crippen MR) is 121 cm³/mol. The molecule has 1 N–H and O–H groups in total. The number of amides is 1. The summed E-state index contributed by atoms with van der Waals surface area (Å²) < 4.78 is 5.20. The number of piperidine rings is 1. The van der Waals surface area contributed by atoms with Gasteiger partial charge in [-0.3, -0.25) is 14.9 Å². The van der Waals surface area contributed by atoms with Gasteiger partial charge in [0.1, 0.15) is 23.6 Å². The van der Waals surface area contributed by atoms with Crippen molar-refractivity contribution in [1.82, 2.24) is 9.97 Å². The number of carbonyl (C=O) groups excluding carboxylic acids is 1. The summed E-state index contributed by atoms with van der Waals surface area (Å²) >= 11 is 0. The van der Waals surface area contributed by atoms with Crippen molar-refractivity contribution in [2.45, 2.75) is 12.8 Å². The molecule has 0 saturated carbocycles. The standard InChI is InChI=1S/C23H23N5O4/c1-32-18-10-8-16(9-11-18)20-13-22(25-15-24-20)27-12-4-5-17(14-27)23(29)26-19-6-2-3-7-21(19)28(30)31/h2-3,6-11,13,15,17H,4-5,12,14H2,1H3,(H,26,29). The molecule has 4 rings (SSSR count). The van der Waals surface area contributed by atoms with E-state index < -0.39 is 4.92 Å². The maximum Gasteiger partial charge on any atom is 0.292 e. The lowest BCUT2D eigenvalue weighted by Gasteiger charge is -2.32. The molecular formula is C23H23N5O4. The minimum atomic E-state index is -0.496. The van der Waals surface area contributed by atoms with Crippen LogP contribution in [0.4, 0.5) is 17.2 Å². The maximum absolute atomic E-state index is 12.9. The van der Waals surface area contributed by atoms with Gasteiger partial charge in [-0.15, -0.1) is 0 Å². The van der Waals surface area contributed by atoms with Gasteiger partial charge in [0.25, 0.3) is 5.69 Å². The SMILES string of the molecule is COc1ccc(-c2cc(N3CCCC(C(=O)Nc4ccccc4[N+](=O)[O-])C3)ncn2)cc1. The third-order valence-electron chi connectivity index (χ3n) is 5.51. The number of hydrogen-bond donors (Lipinski definition) is 1. The summed E-state index contributed by atoms with van der Waals surface area (Å²) in [6.45, 7) is 1.25. The number of nitro groups is 1. The van der Waals surface area contributed by atoms with E-state index in [9.17, 15) is 14.9 Å². The number of nitrogens with one attached hydrogen (secondary N) is 1. The molecule has 1 atom stereocenters. The van der Waals surface area contributed by atoms with Crippen LogP contribution in [0.5, 0.6) is 5.75 Å². The lowest BCUT2D eigenvalue weighted by atomic mass is 9.97. The molecule has 2 heterocycles. The molecule has 3 aromatic rings. The van der Waals surface area contributed by atoms with Crippen molar-refractivity contribution in [1.29, 1.82) is 0 Å². The van der Waals surface area contributed by atoms with Gasteiger partial charge < -0.3 is 15.0 Å². The highest BCUT2D eigenvalue weighted by Crippen LogP contribution is 2.28. The first-order valence-electron chi connectivity index (χ1n) is 10.3. The molecular weight excluding hydrogens is 410 g/mol. The lowest BCUT2D eigenvalue weighted by molar-refractivity contribution is -0.383. The van der Waals surface area contributed by atoms with Gasteiger partial charge in [0, 0.05) is 30.8 Å². The Kier molecular flexibility index (Phi) is 6.25. The number of carbonyl (C=O) groups is 1. The highest BCUT2D eigenvalue weighted by atomic mass is 16.6. The monoisotopic (exact) mass is 433 g/mol. The molecule has 1 unspecified atom stereocenters. The second kappa shape index (κ2) is 9.42. The van der Waals surface area contributed by atoms with Crippen LogP contribution in [0.2, 0.25) is 0 Å². The van der Waals surface area contributed by atoms with Crippen LogP contribution >= 0.6 is 0 Å². The Labute approximate surface area is 185 Å². The summed E-state index contributed by atoms with van der Waals surface area (Å²) in [5.74, 6) is 0.983. The van der Waals surface area contributed by atoms with Crippen molar-refractivity contribution in [2.75, 3.05) is 30.4 Å². The first kappa shape index (κ1) is 21.2. The van der Waals surface area contributed by atoms with Crippen LogP contribution in [-0.2, 0) is 4.79 Å². The predicted octanol–water partition coefficient (Wildman–Crippen LogP) is 3.92. The zero-order valence-electron chi connectivity index (χ0n) is 17.6. The molecule has 1 aliphatic heterocycles. The van der Waals surface area contributed by atoms with Crippen LogP contribution in [0.15, 0.2) is 60.9 Å². The van der Waals surface area contributed by atoms with E-state index in [1.54, 1.807) is 25.3 Å². The average Bonchev–Trinajstić information content (AvgIpc) is 2.84. The number of para-hydroxylation sites is 2. The second-order valence-corrected chi connectivity index (χ2v) is 7.54. The number of rotatable bonds is 6. The van der Waals surface area contributed by atoms with Gasteiger partial charge in [-0.05, 0) is 43.2 Å². The molecule has 0 spiro atoms. The van der Waals surface area contributed by atoms with Crippen LogP contribution < -0.4 is 15.0 Å². The number of aromatic nitrogens is 2. The summed E-state index contributed by atoms with van der Waals surface area (Å²) in [6, 6.07) is 15.7. The zero-order valence-corrected chi connectivity index (χ0v) is 17.6. The van der Waals surface area contributed by atoms with Gasteiger partial charge >= 0.3 is 0 Å². The number of nitrogens with zero attached hydrogens (tertiary/aromatic N) is 4. The quantitative estimate of drug-likeness (QED) is 0.463. The second-order valence-electron chi connectivity index (χ2n) is 7.54. The van der Waals surface area contributed by atoms with Gasteiger partial charge in [0.05, 0.1) is 23.6 Å². The molecule has 9 heteroatoms. The number of nitro benzene ring substituents is 1. The molecule has 2 aromatic carbocycles. The smallest absolute Gasteiger partial charge is 0.292 e. The van der Waals surface area contributed by atoms with E-state index in [1.807, 2.05) is 30.3 Å². The fourth-order valence-corrected chi connectivity index (χ4v) is 3.81. The highest BCUT2D eigenvalue weighted by molar-refractivity contribution is 5.95. The van der Waals surface area contributed by atoms with Gasteiger partial charge in [-0.2, -0.15) is 0 Å². The molecule has 0 radical (unpaired) electrons. The molecule has 1 saturated heterocycles. The van der Waals surface area contributed by atoms with Crippen LogP contribution in [0.1, 0.15) is 12.8 Å². The Bertz CT molecular complexity index is 1120. The normalized spacial score (nSPS) is 15.8. The fourth-order valence-electron chi connectivity index (χ4n) is 3.81. The molecule has 164 valence electrons. The number of hydrogen-bond acceptors (Lipinski definition) is 7. The zero-order chi connectivity index (χ0) is 22.5. The van der Waals surface area contributed by atoms with Gasteiger partial charge in [-0.25, -0.2) is 9.97 Å². The summed E-state index contributed by atoms with van der Waals surface area (Å²) in [7, 11) is 1.62. The molecule has 9 nitrogen and oxygen atoms in total. The Hall–Kier alpha value is -4.01. The molecule has 1 aromatic heterocycles. The summed E-state index contributed by atoms with van der Waals surface area (Å²) in [4.78, 5) is 34.4. The van der Waals surface area contributed by atoms with E-state index in [4.69, 9.17) is 4.74 Å². The van der Waals surface area contributed by atoms with Crippen molar-refractivity contribution >= 4 is 23.1 Å². The summed E-state index contributed by atoms with van der Waals surface area (Å²) in [5.41, 5.74) is 1.82. The maximum atomic E-state index is 12.9. The lowest BCUT2D eigenvalue weighted by Crippen LogP contribution is -2.41. The van der Waals surface area contributed by atoms with Crippen molar-refractivity contribution in [3.63, 3.8) is 0 Å². The summed E-state index contributed by atoms with van der Waals surface area (Å²) in [5, 5.41) is 14.0. The van der Waals surface area contributed by atoms with Crippen LogP contribution in [-0.4, -0.2) is 41.0 Å². The highest BCUT2D eigenvalue weighted by Gasteiger charge is 2.28. The fraction of sp³-hybridized carbons (Fsp3) is 0.261. The molecule has 32 heavy (non-hydrogen) atoms. The first-order chi connectivity index (χ1) is 15.5. The average molecular weight is 433 g/mol.